The second kappa shape index (κ2) is 7.71. The largest absolute Gasteiger partial charge is 0.490 e. The van der Waals surface area contributed by atoms with Crippen LogP contribution < -0.4 is 9.47 Å². The summed E-state index contributed by atoms with van der Waals surface area (Å²) in [4.78, 5) is 14.9. The van der Waals surface area contributed by atoms with Gasteiger partial charge in [0.1, 0.15) is 30.3 Å². The standard InChI is InChI=1S/C22H19NO6/c1-13-5-3-4-6-16(13)26-7-8-27-17-10-15-11-19(28-18(15)9-14(17)2)21-23-12-20(29-21)22(24)25/h3-6,9-12H,7-8H2,1-2H3,(H,24,25). The molecule has 7 heteroatoms. The van der Waals surface area contributed by atoms with Gasteiger partial charge < -0.3 is 23.4 Å². The predicted octanol–water partition coefficient (Wildman–Crippen LogP) is 4.86. The van der Waals surface area contributed by atoms with E-state index in [4.69, 9.17) is 23.4 Å². The zero-order chi connectivity index (χ0) is 20.4. The van der Waals surface area contributed by atoms with Gasteiger partial charge in [-0.15, -0.1) is 0 Å². The number of carbonyl (C=O) groups is 1. The van der Waals surface area contributed by atoms with Crippen molar-refractivity contribution in [1.82, 2.24) is 4.98 Å². The zero-order valence-corrected chi connectivity index (χ0v) is 16.0. The average Bonchev–Trinajstić information content (AvgIpc) is 3.33. The van der Waals surface area contributed by atoms with Crippen LogP contribution in [0.15, 0.2) is 57.5 Å². The van der Waals surface area contributed by atoms with Crippen molar-refractivity contribution in [3.05, 3.63) is 65.5 Å². The van der Waals surface area contributed by atoms with Crippen molar-refractivity contribution in [2.24, 2.45) is 0 Å². The summed E-state index contributed by atoms with van der Waals surface area (Å²) in [7, 11) is 0. The smallest absolute Gasteiger partial charge is 0.373 e. The molecule has 0 fully saturated rings. The van der Waals surface area contributed by atoms with E-state index in [1.54, 1.807) is 6.07 Å². The first-order valence-corrected chi connectivity index (χ1v) is 9.06. The molecule has 4 rings (SSSR count). The molecule has 0 unspecified atom stereocenters. The highest BCUT2D eigenvalue weighted by atomic mass is 16.5. The van der Waals surface area contributed by atoms with Crippen LogP contribution in [0.3, 0.4) is 0 Å². The van der Waals surface area contributed by atoms with Crippen LogP contribution in [-0.2, 0) is 0 Å². The molecule has 4 aromatic rings. The van der Waals surface area contributed by atoms with Gasteiger partial charge in [0.05, 0.1) is 6.20 Å². The van der Waals surface area contributed by atoms with E-state index in [-0.39, 0.29) is 11.7 Å². The Labute approximate surface area is 166 Å². The van der Waals surface area contributed by atoms with Gasteiger partial charge in [0.15, 0.2) is 5.76 Å². The molecule has 0 aliphatic rings. The van der Waals surface area contributed by atoms with Crippen molar-refractivity contribution < 1.29 is 28.2 Å². The van der Waals surface area contributed by atoms with E-state index in [0.717, 1.165) is 34.2 Å². The Kier molecular flexibility index (Phi) is 4.95. The van der Waals surface area contributed by atoms with Crippen molar-refractivity contribution >= 4 is 16.9 Å². The summed E-state index contributed by atoms with van der Waals surface area (Å²) in [5.41, 5.74) is 2.62. The first-order valence-electron chi connectivity index (χ1n) is 9.06. The average molecular weight is 393 g/mol. The molecule has 2 aromatic heterocycles. The van der Waals surface area contributed by atoms with Crippen LogP contribution in [-0.4, -0.2) is 29.3 Å². The van der Waals surface area contributed by atoms with E-state index < -0.39 is 5.97 Å². The monoisotopic (exact) mass is 393 g/mol. The van der Waals surface area contributed by atoms with Crippen molar-refractivity contribution in [3.8, 4) is 23.1 Å². The van der Waals surface area contributed by atoms with Gasteiger partial charge in [0, 0.05) is 5.39 Å². The van der Waals surface area contributed by atoms with Gasteiger partial charge >= 0.3 is 5.97 Å². The molecule has 0 aliphatic carbocycles. The highest BCUT2D eigenvalue weighted by Gasteiger charge is 2.16. The summed E-state index contributed by atoms with van der Waals surface area (Å²) < 4.78 is 22.6. The number of oxazole rings is 1. The fourth-order valence-corrected chi connectivity index (χ4v) is 2.94. The highest BCUT2D eigenvalue weighted by molar-refractivity contribution is 5.86. The summed E-state index contributed by atoms with van der Waals surface area (Å²) in [5.74, 6) is 0.609. The normalized spacial score (nSPS) is 11.0. The fraction of sp³-hybridized carbons (Fsp3) is 0.182. The minimum absolute atomic E-state index is 0.116. The molecule has 0 saturated heterocycles. The number of fused-ring (bicyclic) bond motifs is 1. The van der Waals surface area contributed by atoms with Gasteiger partial charge in [-0.3, -0.25) is 0 Å². The summed E-state index contributed by atoms with van der Waals surface area (Å²) >= 11 is 0. The summed E-state index contributed by atoms with van der Waals surface area (Å²) in [6, 6.07) is 13.3. The van der Waals surface area contributed by atoms with Crippen LogP contribution in [0.25, 0.3) is 22.6 Å². The zero-order valence-electron chi connectivity index (χ0n) is 16.0. The highest BCUT2D eigenvalue weighted by Crippen LogP contribution is 2.32. The molecule has 29 heavy (non-hydrogen) atoms. The number of para-hydroxylation sites is 1. The molecule has 0 aliphatic heterocycles. The number of benzene rings is 2. The van der Waals surface area contributed by atoms with Crippen molar-refractivity contribution in [2.75, 3.05) is 13.2 Å². The molecule has 0 saturated carbocycles. The predicted molar refractivity (Wildman–Crippen MR) is 106 cm³/mol. The maximum Gasteiger partial charge on any atom is 0.373 e. The molecule has 7 nitrogen and oxygen atoms in total. The molecule has 0 amide bonds. The maximum absolute atomic E-state index is 11.0. The lowest BCUT2D eigenvalue weighted by Gasteiger charge is -2.11. The van der Waals surface area contributed by atoms with Crippen LogP contribution in [0, 0.1) is 13.8 Å². The number of furan rings is 1. The first kappa shape index (κ1) is 18.6. The summed E-state index contributed by atoms with van der Waals surface area (Å²) in [5, 5.41) is 9.76. The quantitative estimate of drug-likeness (QED) is 0.448. The Bertz CT molecular complexity index is 1170. The molecule has 148 valence electrons. The van der Waals surface area contributed by atoms with Crippen LogP contribution in [0.1, 0.15) is 21.7 Å². The third-order valence-electron chi connectivity index (χ3n) is 4.43. The topological polar surface area (TPSA) is 94.9 Å². The Morgan fingerprint density at radius 3 is 2.48 bits per heavy atom. The number of rotatable bonds is 7. The number of hydrogen-bond acceptors (Lipinski definition) is 6. The van der Waals surface area contributed by atoms with Gasteiger partial charge in [-0.25, -0.2) is 9.78 Å². The molecule has 0 bridgehead atoms. The van der Waals surface area contributed by atoms with E-state index in [2.05, 4.69) is 4.98 Å². The second-order valence-electron chi connectivity index (χ2n) is 6.56. The third-order valence-corrected chi connectivity index (χ3v) is 4.43. The Morgan fingerprint density at radius 2 is 1.76 bits per heavy atom. The molecule has 2 heterocycles. The number of aryl methyl sites for hydroxylation is 2. The molecule has 1 N–H and O–H groups in total. The van der Waals surface area contributed by atoms with E-state index in [1.165, 1.54) is 0 Å². The molecule has 0 radical (unpaired) electrons. The van der Waals surface area contributed by atoms with Gasteiger partial charge in [-0.2, -0.15) is 0 Å². The molecule has 0 atom stereocenters. The number of ether oxygens (including phenoxy) is 2. The van der Waals surface area contributed by atoms with Crippen LogP contribution in [0.4, 0.5) is 0 Å². The number of hydrogen-bond donors (Lipinski definition) is 1. The van der Waals surface area contributed by atoms with Crippen molar-refractivity contribution in [2.45, 2.75) is 13.8 Å². The number of nitrogens with zero attached hydrogens (tertiary/aromatic N) is 1. The van der Waals surface area contributed by atoms with Gasteiger partial charge in [-0.05, 0) is 49.2 Å². The van der Waals surface area contributed by atoms with E-state index >= 15 is 0 Å². The number of aromatic carboxylic acids is 1. The van der Waals surface area contributed by atoms with Crippen LogP contribution in [0.5, 0.6) is 11.5 Å². The summed E-state index contributed by atoms with van der Waals surface area (Å²) in [6.45, 7) is 4.74. The second-order valence-corrected chi connectivity index (χ2v) is 6.56. The SMILES string of the molecule is Cc1ccccc1OCCOc1cc2cc(-c3ncc(C(=O)O)o3)oc2cc1C. The summed E-state index contributed by atoms with van der Waals surface area (Å²) in [6.07, 6.45) is 1.15. The lowest BCUT2D eigenvalue weighted by Crippen LogP contribution is -2.10. The lowest BCUT2D eigenvalue weighted by atomic mass is 10.1. The molecule has 2 aromatic carbocycles. The van der Waals surface area contributed by atoms with E-state index in [9.17, 15) is 4.79 Å². The number of carboxylic acid groups (broad SMARTS) is 1. The number of aromatic nitrogens is 1. The first-order chi connectivity index (χ1) is 14.0. The van der Waals surface area contributed by atoms with Crippen LogP contribution in [0.2, 0.25) is 0 Å². The third kappa shape index (κ3) is 3.94. The Hall–Kier alpha value is -3.74. The number of carboxylic acids is 1. The molecular formula is C22H19NO6. The maximum atomic E-state index is 11.0. The molecular weight excluding hydrogens is 374 g/mol. The van der Waals surface area contributed by atoms with Gasteiger partial charge in [0.25, 0.3) is 5.89 Å². The van der Waals surface area contributed by atoms with E-state index in [1.807, 2.05) is 50.2 Å². The Balaban J connectivity index is 1.46. The minimum Gasteiger partial charge on any atom is -0.490 e. The van der Waals surface area contributed by atoms with Crippen molar-refractivity contribution in [1.29, 1.82) is 0 Å². The van der Waals surface area contributed by atoms with Gasteiger partial charge in [0.2, 0.25) is 5.76 Å². The lowest BCUT2D eigenvalue weighted by molar-refractivity contribution is 0.0663. The van der Waals surface area contributed by atoms with E-state index in [0.29, 0.717) is 24.6 Å². The Morgan fingerprint density at radius 1 is 1.00 bits per heavy atom. The van der Waals surface area contributed by atoms with Gasteiger partial charge in [-0.1, -0.05) is 18.2 Å². The van der Waals surface area contributed by atoms with Crippen LogP contribution >= 0.6 is 0 Å². The molecule has 0 spiro atoms. The fourth-order valence-electron chi connectivity index (χ4n) is 2.94. The minimum atomic E-state index is -1.18. The van der Waals surface area contributed by atoms with Crippen molar-refractivity contribution in [3.63, 3.8) is 0 Å².